The van der Waals surface area contributed by atoms with Crippen LogP contribution in [0.1, 0.15) is 31.1 Å². The molecule has 0 fully saturated rings. The molecule has 0 radical (unpaired) electrons. The lowest BCUT2D eigenvalue weighted by atomic mass is 10.0. The van der Waals surface area contributed by atoms with Gasteiger partial charge < -0.3 is 10.5 Å². The fourth-order valence-electron chi connectivity index (χ4n) is 1.94. The van der Waals surface area contributed by atoms with E-state index in [4.69, 9.17) is 10.5 Å². The molecule has 2 aromatic rings. The van der Waals surface area contributed by atoms with E-state index in [2.05, 4.69) is 10.3 Å². The summed E-state index contributed by atoms with van der Waals surface area (Å²) in [5.74, 6) is 0.816. The number of benzene rings is 1. The van der Waals surface area contributed by atoms with Crippen LogP contribution in [0, 0.1) is 0 Å². The maximum absolute atomic E-state index is 6.29. The predicted molar refractivity (Wildman–Crippen MR) is 69.3 cm³/mol. The molecule has 0 saturated heterocycles. The van der Waals surface area contributed by atoms with Crippen molar-refractivity contribution < 1.29 is 4.74 Å². The summed E-state index contributed by atoms with van der Waals surface area (Å²) in [4.78, 5) is 0. The molecule has 0 saturated carbocycles. The van der Waals surface area contributed by atoms with E-state index in [0.29, 0.717) is 6.61 Å². The van der Waals surface area contributed by atoms with Crippen LogP contribution >= 0.6 is 0 Å². The Morgan fingerprint density at radius 3 is 2.83 bits per heavy atom. The molecule has 5 nitrogen and oxygen atoms in total. The molecule has 18 heavy (non-hydrogen) atoms. The lowest BCUT2D eigenvalue weighted by Gasteiger charge is -2.16. The fourth-order valence-corrected chi connectivity index (χ4v) is 1.94. The minimum atomic E-state index is -0.275. The summed E-state index contributed by atoms with van der Waals surface area (Å²) in [6, 6.07) is 7.53. The highest BCUT2D eigenvalue weighted by Crippen LogP contribution is 2.27. The minimum Gasteiger partial charge on any atom is -0.494 e. The van der Waals surface area contributed by atoms with Crippen LogP contribution < -0.4 is 10.5 Å². The lowest BCUT2D eigenvalue weighted by Crippen LogP contribution is -2.18. The second-order valence-electron chi connectivity index (χ2n) is 3.92. The van der Waals surface area contributed by atoms with Crippen LogP contribution in [-0.2, 0) is 6.54 Å². The second-order valence-corrected chi connectivity index (χ2v) is 3.92. The van der Waals surface area contributed by atoms with Crippen molar-refractivity contribution in [1.82, 2.24) is 15.0 Å². The molecule has 5 heteroatoms. The fraction of sp³-hybridized carbons (Fsp3) is 0.385. The maximum Gasteiger partial charge on any atom is 0.124 e. The van der Waals surface area contributed by atoms with Gasteiger partial charge in [-0.15, -0.1) is 5.10 Å². The molecule has 1 aromatic carbocycles. The standard InChI is InChI=1S/C13H18N4O/c1-3-17-11(9-15-16-17)13(14)10-7-5-6-8-12(10)18-4-2/h5-9,13H,3-4,14H2,1-2H3. The van der Waals surface area contributed by atoms with Crippen molar-refractivity contribution in [3.63, 3.8) is 0 Å². The number of ether oxygens (including phenoxy) is 1. The van der Waals surface area contributed by atoms with Crippen LogP contribution in [0.25, 0.3) is 0 Å². The number of aryl methyl sites for hydroxylation is 1. The Kier molecular flexibility index (Phi) is 3.94. The number of nitrogens with zero attached hydrogens (tertiary/aromatic N) is 3. The van der Waals surface area contributed by atoms with Crippen LogP contribution in [0.2, 0.25) is 0 Å². The van der Waals surface area contributed by atoms with Crippen LogP contribution in [-0.4, -0.2) is 21.6 Å². The first-order valence-electron chi connectivity index (χ1n) is 6.13. The number of aromatic nitrogens is 3. The van der Waals surface area contributed by atoms with Gasteiger partial charge in [-0.3, -0.25) is 0 Å². The van der Waals surface area contributed by atoms with Gasteiger partial charge in [0.05, 0.1) is 24.5 Å². The molecule has 0 spiro atoms. The highest BCUT2D eigenvalue weighted by molar-refractivity contribution is 5.39. The Labute approximate surface area is 107 Å². The number of hydrogen-bond donors (Lipinski definition) is 1. The van der Waals surface area contributed by atoms with Crippen molar-refractivity contribution in [1.29, 1.82) is 0 Å². The Balaban J connectivity index is 2.36. The smallest absolute Gasteiger partial charge is 0.124 e. The SMILES string of the molecule is CCOc1ccccc1C(N)c1cnnn1CC. The zero-order valence-electron chi connectivity index (χ0n) is 10.7. The van der Waals surface area contributed by atoms with Crippen LogP contribution in [0.4, 0.5) is 0 Å². The molecule has 0 aliphatic rings. The Bertz CT molecular complexity index is 509. The van der Waals surface area contributed by atoms with Gasteiger partial charge >= 0.3 is 0 Å². The second kappa shape index (κ2) is 5.64. The predicted octanol–water partition coefficient (Wildman–Crippen LogP) is 1.74. The van der Waals surface area contributed by atoms with Crippen LogP contribution in [0.15, 0.2) is 30.5 Å². The summed E-state index contributed by atoms with van der Waals surface area (Å²) in [7, 11) is 0. The number of rotatable bonds is 5. The lowest BCUT2D eigenvalue weighted by molar-refractivity contribution is 0.335. The van der Waals surface area contributed by atoms with E-state index in [1.165, 1.54) is 0 Å². The Hall–Kier alpha value is -1.88. The molecular formula is C13H18N4O. The first-order valence-corrected chi connectivity index (χ1v) is 6.13. The van der Waals surface area contributed by atoms with E-state index < -0.39 is 0 Å². The van der Waals surface area contributed by atoms with Gasteiger partial charge in [0.1, 0.15) is 5.75 Å². The van der Waals surface area contributed by atoms with Gasteiger partial charge in [-0.25, -0.2) is 4.68 Å². The quantitative estimate of drug-likeness (QED) is 0.872. The molecule has 1 atom stereocenters. The highest BCUT2D eigenvalue weighted by atomic mass is 16.5. The number of nitrogens with two attached hydrogens (primary N) is 1. The van der Waals surface area contributed by atoms with Crippen molar-refractivity contribution in [3.8, 4) is 5.75 Å². The van der Waals surface area contributed by atoms with Gasteiger partial charge in [0, 0.05) is 12.1 Å². The normalized spacial score (nSPS) is 12.4. The van der Waals surface area contributed by atoms with Crippen molar-refractivity contribution in [2.75, 3.05) is 6.61 Å². The summed E-state index contributed by atoms with van der Waals surface area (Å²) < 4.78 is 7.40. The highest BCUT2D eigenvalue weighted by Gasteiger charge is 2.17. The van der Waals surface area contributed by atoms with Gasteiger partial charge in [0.25, 0.3) is 0 Å². The molecule has 0 bridgehead atoms. The van der Waals surface area contributed by atoms with Gasteiger partial charge in [0.15, 0.2) is 0 Å². The van der Waals surface area contributed by atoms with E-state index in [0.717, 1.165) is 23.6 Å². The van der Waals surface area contributed by atoms with E-state index in [1.807, 2.05) is 38.1 Å². The Morgan fingerprint density at radius 2 is 2.11 bits per heavy atom. The molecule has 96 valence electrons. The Morgan fingerprint density at radius 1 is 1.33 bits per heavy atom. The van der Waals surface area contributed by atoms with Gasteiger partial charge in [-0.05, 0) is 19.9 Å². The topological polar surface area (TPSA) is 66.0 Å². The van der Waals surface area contributed by atoms with Gasteiger partial charge in [-0.2, -0.15) is 0 Å². The summed E-state index contributed by atoms with van der Waals surface area (Å²) in [6.07, 6.45) is 1.71. The van der Waals surface area contributed by atoms with Crippen molar-refractivity contribution in [2.24, 2.45) is 5.73 Å². The van der Waals surface area contributed by atoms with Gasteiger partial charge in [-0.1, -0.05) is 23.4 Å². The molecule has 2 rings (SSSR count). The zero-order valence-corrected chi connectivity index (χ0v) is 10.7. The first-order chi connectivity index (χ1) is 8.77. The summed E-state index contributed by atoms with van der Waals surface area (Å²) in [5, 5.41) is 7.91. The van der Waals surface area contributed by atoms with Crippen molar-refractivity contribution >= 4 is 0 Å². The average Bonchev–Trinajstić information content (AvgIpc) is 2.87. The maximum atomic E-state index is 6.29. The largest absolute Gasteiger partial charge is 0.494 e. The molecule has 1 aromatic heterocycles. The molecule has 0 aliphatic heterocycles. The van der Waals surface area contributed by atoms with E-state index in [1.54, 1.807) is 10.9 Å². The molecule has 0 amide bonds. The monoisotopic (exact) mass is 246 g/mol. The van der Waals surface area contributed by atoms with E-state index >= 15 is 0 Å². The molecular weight excluding hydrogens is 228 g/mol. The third kappa shape index (κ3) is 2.36. The van der Waals surface area contributed by atoms with E-state index in [-0.39, 0.29) is 6.04 Å². The summed E-state index contributed by atoms with van der Waals surface area (Å²) in [5.41, 5.74) is 8.14. The summed E-state index contributed by atoms with van der Waals surface area (Å²) >= 11 is 0. The number of para-hydroxylation sites is 1. The zero-order chi connectivity index (χ0) is 13.0. The third-order valence-electron chi connectivity index (χ3n) is 2.82. The van der Waals surface area contributed by atoms with Gasteiger partial charge in [0.2, 0.25) is 0 Å². The first kappa shape index (κ1) is 12.6. The van der Waals surface area contributed by atoms with Crippen LogP contribution in [0.5, 0.6) is 5.75 Å². The third-order valence-corrected chi connectivity index (χ3v) is 2.82. The van der Waals surface area contributed by atoms with Crippen LogP contribution in [0.3, 0.4) is 0 Å². The van der Waals surface area contributed by atoms with E-state index in [9.17, 15) is 0 Å². The molecule has 2 N–H and O–H groups in total. The van der Waals surface area contributed by atoms with Crippen molar-refractivity contribution in [3.05, 3.63) is 41.7 Å². The van der Waals surface area contributed by atoms with Crippen molar-refractivity contribution in [2.45, 2.75) is 26.4 Å². The summed E-state index contributed by atoms with van der Waals surface area (Å²) in [6.45, 7) is 5.34. The molecule has 1 heterocycles. The molecule has 1 unspecified atom stereocenters. The average molecular weight is 246 g/mol. The molecule has 0 aliphatic carbocycles. The number of hydrogen-bond acceptors (Lipinski definition) is 4. The minimum absolute atomic E-state index is 0.275.